The highest BCUT2D eigenvalue weighted by Crippen LogP contribution is 2.27. The molecule has 0 unspecified atom stereocenters. The third-order valence-electron chi connectivity index (χ3n) is 2.05. The van der Waals surface area contributed by atoms with Crippen LogP contribution in [0.3, 0.4) is 0 Å². The average Bonchev–Trinajstić information content (AvgIpc) is 2.14. The van der Waals surface area contributed by atoms with Crippen LogP contribution in [0.1, 0.15) is 0 Å². The zero-order valence-corrected chi connectivity index (χ0v) is 7.09. The van der Waals surface area contributed by atoms with E-state index in [9.17, 15) is 8.78 Å². The number of anilines is 1. The minimum atomic E-state index is -0.819. The summed E-state index contributed by atoms with van der Waals surface area (Å²) in [5, 5.41) is 9.59. The molecule has 3 N–H and O–H groups in total. The van der Waals surface area contributed by atoms with Gasteiger partial charge in [-0.05, 0) is 29.7 Å². The van der Waals surface area contributed by atoms with Crippen molar-refractivity contribution in [1.29, 1.82) is 0 Å². The number of phenols is 1. The van der Waals surface area contributed by atoms with Crippen molar-refractivity contribution in [3.8, 4) is 5.75 Å². The van der Waals surface area contributed by atoms with E-state index in [1.165, 1.54) is 18.2 Å². The lowest BCUT2D eigenvalue weighted by Gasteiger charge is -2.04. The van der Waals surface area contributed by atoms with Crippen LogP contribution in [0.4, 0.5) is 14.5 Å². The minimum Gasteiger partial charge on any atom is -0.508 e. The summed E-state index contributed by atoms with van der Waals surface area (Å²) < 4.78 is 26.3. The first-order valence-corrected chi connectivity index (χ1v) is 3.96. The fourth-order valence-electron chi connectivity index (χ4n) is 1.33. The highest BCUT2D eigenvalue weighted by molar-refractivity contribution is 5.87. The van der Waals surface area contributed by atoms with Crippen LogP contribution in [0, 0.1) is 11.6 Å². The molecule has 0 aliphatic carbocycles. The van der Waals surface area contributed by atoms with Gasteiger partial charge in [-0.25, -0.2) is 8.78 Å². The quantitative estimate of drug-likeness (QED) is 0.634. The molecule has 0 radical (unpaired) electrons. The fourth-order valence-corrected chi connectivity index (χ4v) is 1.33. The van der Waals surface area contributed by atoms with Gasteiger partial charge in [-0.2, -0.15) is 0 Å². The first-order chi connectivity index (χ1) is 6.59. The number of hydrogen-bond donors (Lipinski definition) is 2. The Hall–Kier alpha value is -1.84. The van der Waals surface area contributed by atoms with Crippen LogP contribution in [-0.4, -0.2) is 5.11 Å². The summed E-state index contributed by atoms with van der Waals surface area (Å²) in [5.74, 6) is -1.65. The molecule has 0 spiro atoms. The first-order valence-electron chi connectivity index (χ1n) is 3.96. The van der Waals surface area contributed by atoms with Gasteiger partial charge in [0.2, 0.25) is 0 Å². The molecule has 72 valence electrons. The van der Waals surface area contributed by atoms with E-state index in [2.05, 4.69) is 0 Å². The molecule has 4 heteroatoms. The summed E-state index contributed by atoms with van der Waals surface area (Å²) in [6, 6.07) is 5.05. The molecule has 0 amide bonds. The molecule has 0 fully saturated rings. The third kappa shape index (κ3) is 1.16. The van der Waals surface area contributed by atoms with Gasteiger partial charge in [0.15, 0.2) is 5.82 Å². The Kier molecular flexibility index (Phi) is 1.77. The lowest BCUT2D eigenvalue weighted by atomic mass is 10.1. The zero-order valence-electron chi connectivity index (χ0n) is 7.09. The van der Waals surface area contributed by atoms with Gasteiger partial charge in [-0.1, -0.05) is 0 Å². The van der Waals surface area contributed by atoms with Crippen molar-refractivity contribution in [2.75, 3.05) is 5.73 Å². The van der Waals surface area contributed by atoms with E-state index in [4.69, 9.17) is 10.8 Å². The van der Waals surface area contributed by atoms with Crippen molar-refractivity contribution in [3.05, 3.63) is 35.9 Å². The second-order valence-electron chi connectivity index (χ2n) is 2.99. The van der Waals surface area contributed by atoms with Gasteiger partial charge in [0.25, 0.3) is 0 Å². The van der Waals surface area contributed by atoms with Crippen molar-refractivity contribution in [3.63, 3.8) is 0 Å². The van der Waals surface area contributed by atoms with E-state index in [1.54, 1.807) is 0 Å². The molecule has 0 saturated heterocycles. The molecular formula is C10H7F2NO. The first kappa shape index (κ1) is 8.74. The van der Waals surface area contributed by atoms with E-state index in [0.29, 0.717) is 0 Å². The lowest BCUT2D eigenvalue weighted by Crippen LogP contribution is -1.96. The lowest BCUT2D eigenvalue weighted by molar-refractivity contribution is 0.476. The molecule has 2 aromatic rings. The second-order valence-corrected chi connectivity index (χ2v) is 2.99. The standard InChI is InChI=1S/C10H7F2NO/c11-8-4-5-3-6(14)1-2-7(5)9(12)10(8)13/h1-4,14H,13H2. The van der Waals surface area contributed by atoms with Crippen LogP contribution in [0.5, 0.6) is 5.75 Å². The number of phenolic OH excluding ortho intramolecular Hbond substituents is 1. The monoisotopic (exact) mass is 195 g/mol. The van der Waals surface area contributed by atoms with Gasteiger partial charge >= 0.3 is 0 Å². The number of hydrogen-bond acceptors (Lipinski definition) is 2. The number of halogens is 2. The summed E-state index contributed by atoms with van der Waals surface area (Å²) >= 11 is 0. The summed E-state index contributed by atoms with van der Waals surface area (Å²) in [6.45, 7) is 0. The summed E-state index contributed by atoms with van der Waals surface area (Å²) in [6.07, 6.45) is 0. The molecule has 0 aromatic heterocycles. The van der Waals surface area contributed by atoms with Gasteiger partial charge in [0.05, 0.1) is 0 Å². The summed E-state index contributed by atoms with van der Waals surface area (Å²) in [4.78, 5) is 0. The van der Waals surface area contributed by atoms with Crippen LogP contribution in [0.2, 0.25) is 0 Å². The molecule has 2 nitrogen and oxygen atoms in total. The molecule has 0 heterocycles. The third-order valence-corrected chi connectivity index (χ3v) is 2.05. The number of nitrogens with two attached hydrogens (primary N) is 1. The summed E-state index contributed by atoms with van der Waals surface area (Å²) in [7, 11) is 0. The number of rotatable bonds is 0. The molecule has 2 rings (SSSR count). The number of fused-ring (bicyclic) bond motifs is 1. The maximum atomic E-state index is 13.3. The van der Waals surface area contributed by atoms with E-state index in [0.717, 1.165) is 6.07 Å². The normalized spacial score (nSPS) is 10.7. The largest absolute Gasteiger partial charge is 0.508 e. The summed E-state index contributed by atoms with van der Waals surface area (Å²) in [5.41, 5.74) is 4.68. The molecule has 2 aromatic carbocycles. The van der Waals surface area contributed by atoms with Gasteiger partial charge in [0.1, 0.15) is 17.3 Å². The Balaban J connectivity index is 2.91. The van der Waals surface area contributed by atoms with Crippen LogP contribution < -0.4 is 5.73 Å². The molecular weight excluding hydrogens is 188 g/mol. The van der Waals surface area contributed by atoms with Crippen molar-refractivity contribution in [1.82, 2.24) is 0 Å². The van der Waals surface area contributed by atoms with Gasteiger partial charge < -0.3 is 10.8 Å². The minimum absolute atomic E-state index is 0.0407. The molecule has 0 atom stereocenters. The van der Waals surface area contributed by atoms with Gasteiger partial charge in [-0.3, -0.25) is 0 Å². The van der Waals surface area contributed by atoms with Crippen molar-refractivity contribution in [2.24, 2.45) is 0 Å². The Morgan fingerprint density at radius 3 is 2.57 bits per heavy atom. The predicted octanol–water partition coefficient (Wildman–Crippen LogP) is 2.41. The molecule has 0 aliphatic rings. The Morgan fingerprint density at radius 2 is 1.86 bits per heavy atom. The Morgan fingerprint density at radius 1 is 1.14 bits per heavy atom. The SMILES string of the molecule is Nc1c(F)cc2cc(O)ccc2c1F. The van der Waals surface area contributed by atoms with Crippen LogP contribution in [0.15, 0.2) is 24.3 Å². The van der Waals surface area contributed by atoms with Crippen LogP contribution >= 0.6 is 0 Å². The van der Waals surface area contributed by atoms with Gasteiger partial charge in [-0.15, -0.1) is 0 Å². The Bertz CT molecular complexity index is 511. The van der Waals surface area contributed by atoms with E-state index < -0.39 is 17.3 Å². The maximum Gasteiger partial charge on any atom is 0.156 e. The fraction of sp³-hybridized carbons (Fsp3) is 0. The maximum absolute atomic E-state index is 13.3. The van der Waals surface area contributed by atoms with Crippen LogP contribution in [0.25, 0.3) is 10.8 Å². The predicted molar refractivity (Wildman–Crippen MR) is 49.9 cm³/mol. The highest BCUT2D eigenvalue weighted by atomic mass is 19.1. The van der Waals surface area contributed by atoms with E-state index >= 15 is 0 Å². The topological polar surface area (TPSA) is 46.2 Å². The molecule has 14 heavy (non-hydrogen) atoms. The van der Waals surface area contributed by atoms with Crippen molar-refractivity contribution < 1.29 is 13.9 Å². The van der Waals surface area contributed by atoms with Gasteiger partial charge in [0, 0.05) is 5.39 Å². The molecule has 0 aliphatic heterocycles. The Labute approximate surface area is 78.6 Å². The van der Waals surface area contributed by atoms with E-state index in [1.807, 2.05) is 0 Å². The smallest absolute Gasteiger partial charge is 0.156 e. The zero-order chi connectivity index (χ0) is 10.3. The number of aromatic hydroxyl groups is 1. The van der Waals surface area contributed by atoms with Crippen molar-refractivity contribution >= 4 is 16.5 Å². The number of nitrogen functional groups attached to an aromatic ring is 1. The number of benzene rings is 2. The second kappa shape index (κ2) is 2.83. The van der Waals surface area contributed by atoms with E-state index in [-0.39, 0.29) is 16.5 Å². The molecule has 0 saturated carbocycles. The van der Waals surface area contributed by atoms with Crippen molar-refractivity contribution in [2.45, 2.75) is 0 Å². The average molecular weight is 195 g/mol. The highest BCUT2D eigenvalue weighted by Gasteiger charge is 2.10. The molecule has 0 bridgehead atoms. The van der Waals surface area contributed by atoms with Crippen LogP contribution in [-0.2, 0) is 0 Å².